The van der Waals surface area contributed by atoms with Crippen LogP contribution in [0, 0.1) is 0 Å². The van der Waals surface area contributed by atoms with Gasteiger partial charge in [-0.25, -0.2) is 0 Å². The number of aryl methyl sites for hydroxylation is 1. The average Bonchev–Trinajstić information content (AvgIpc) is 2.77. The average molecular weight is 296 g/mol. The van der Waals surface area contributed by atoms with Gasteiger partial charge in [-0.2, -0.15) is 5.10 Å². The predicted octanol–water partition coefficient (Wildman–Crippen LogP) is 1.95. The molecule has 1 heterocycles. The Kier molecular flexibility index (Phi) is 4.98. The lowest BCUT2D eigenvalue weighted by Gasteiger charge is -2.08. The highest BCUT2D eigenvalue weighted by molar-refractivity contribution is 6.20. The molecule has 0 spiro atoms. The number of carbonyl (C=O) groups is 1. The van der Waals surface area contributed by atoms with Crippen molar-refractivity contribution in [1.29, 1.82) is 0 Å². The lowest BCUT2D eigenvalue weighted by atomic mass is 10.2. The number of alkyl halides is 1. The lowest BCUT2D eigenvalue weighted by Crippen LogP contribution is -2.27. The summed E-state index contributed by atoms with van der Waals surface area (Å²) in [5.41, 5.74) is 1.38. The molecule has 0 fully saturated rings. The Bertz CT molecular complexity index is 597. The number of ether oxygens (including phenoxy) is 1. The minimum absolute atomic E-state index is 0.0965. The molecule has 2 rings (SSSR count). The molecule has 1 aromatic heterocycles. The van der Waals surface area contributed by atoms with Crippen molar-refractivity contribution in [2.45, 2.75) is 11.8 Å². The number of hydrogen-bond donors (Lipinski definition) is 1. The molecule has 0 radical (unpaired) electrons. The number of para-hydroxylation sites is 1. The maximum Gasteiger partial charge on any atom is 0.272 e. The normalized spacial score (nSPS) is 12.6. The smallest absolute Gasteiger partial charge is 0.272 e. The maximum atomic E-state index is 12.2. The van der Waals surface area contributed by atoms with Gasteiger partial charge in [0.2, 0.25) is 0 Å². The number of halogens is 1. The number of aromatic nitrogens is 2. The molecule has 1 atom stereocenters. The summed E-state index contributed by atoms with van der Waals surface area (Å²) in [6.07, 6.45) is 0.659. The number of methoxy groups -OCH3 is 1. The standard InChI is InChI=1S/C14H18ClN3O2/c1-18-12-6-4-3-5-11(12)13(17-18)14(19)16-8-7-10(15)9-20-2/h3-6,10H,7-9H2,1-2H3,(H,16,19). The first-order valence-electron chi connectivity index (χ1n) is 6.46. The van der Waals surface area contributed by atoms with Gasteiger partial charge in [0.25, 0.3) is 5.91 Å². The van der Waals surface area contributed by atoms with Crippen LogP contribution >= 0.6 is 11.6 Å². The van der Waals surface area contributed by atoms with E-state index in [2.05, 4.69) is 10.4 Å². The predicted molar refractivity (Wildman–Crippen MR) is 79.2 cm³/mol. The first-order valence-corrected chi connectivity index (χ1v) is 6.90. The molecule has 2 aromatic rings. The fourth-order valence-electron chi connectivity index (χ4n) is 2.07. The first-order chi connectivity index (χ1) is 9.63. The molecule has 0 aliphatic rings. The largest absolute Gasteiger partial charge is 0.383 e. The third-order valence-electron chi connectivity index (χ3n) is 3.06. The summed E-state index contributed by atoms with van der Waals surface area (Å²) in [7, 11) is 3.43. The fourth-order valence-corrected chi connectivity index (χ4v) is 2.31. The van der Waals surface area contributed by atoms with Gasteiger partial charge in [0, 0.05) is 26.1 Å². The van der Waals surface area contributed by atoms with E-state index in [0.717, 1.165) is 10.9 Å². The van der Waals surface area contributed by atoms with Crippen LogP contribution in [-0.4, -0.2) is 41.3 Å². The van der Waals surface area contributed by atoms with Gasteiger partial charge in [-0.05, 0) is 12.5 Å². The Balaban J connectivity index is 2.01. The molecule has 1 N–H and O–H groups in total. The van der Waals surface area contributed by atoms with Crippen molar-refractivity contribution in [3.63, 3.8) is 0 Å². The second-order valence-electron chi connectivity index (χ2n) is 4.59. The third-order valence-corrected chi connectivity index (χ3v) is 3.41. The SMILES string of the molecule is COCC(Cl)CCNC(=O)c1nn(C)c2ccccc12. The number of nitrogens with one attached hydrogen (secondary N) is 1. The molecule has 0 aliphatic heterocycles. The van der Waals surface area contributed by atoms with Crippen molar-refractivity contribution in [2.24, 2.45) is 7.05 Å². The fraction of sp³-hybridized carbons (Fsp3) is 0.429. The van der Waals surface area contributed by atoms with E-state index < -0.39 is 0 Å². The van der Waals surface area contributed by atoms with E-state index in [1.807, 2.05) is 31.3 Å². The third kappa shape index (κ3) is 3.29. The van der Waals surface area contributed by atoms with Crippen LogP contribution in [-0.2, 0) is 11.8 Å². The van der Waals surface area contributed by atoms with Crippen molar-refractivity contribution < 1.29 is 9.53 Å². The van der Waals surface area contributed by atoms with Crippen molar-refractivity contribution in [3.05, 3.63) is 30.0 Å². The summed E-state index contributed by atoms with van der Waals surface area (Å²) in [4.78, 5) is 12.2. The molecule has 0 saturated heterocycles. The van der Waals surface area contributed by atoms with Gasteiger partial charge >= 0.3 is 0 Å². The quantitative estimate of drug-likeness (QED) is 0.829. The second kappa shape index (κ2) is 6.72. The summed E-state index contributed by atoms with van der Waals surface area (Å²) < 4.78 is 6.65. The number of benzene rings is 1. The molecule has 108 valence electrons. The van der Waals surface area contributed by atoms with E-state index in [1.54, 1.807) is 11.8 Å². The van der Waals surface area contributed by atoms with Crippen LogP contribution in [0.5, 0.6) is 0 Å². The zero-order chi connectivity index (χ0) is 14.5. The van der Waals surface area contributed by atoms with E-state index >= 15 is 0 Å². The summed E-state index contributed by atoms with van der Waals surface area (Å²) in [6, 6.07) is 7.65. The summed E-state index contributed by atoms with van der Waals surface area (Å²) in [5, 5.41) is 7.87. The molecule has 1 unspecified atom stereocenters. The Morgan fingerprint density at radius 1 is 1.50 bits per heavy atom. The molecule has 20 heavy (non-hydrogen) atoms. The van der Waals surface area contributed by atoms with Gasteiger partial charge in [-0.15, -0.1) is 11.6 Å². The lowest BCUT2D eigenvalue weighted by molar-refractivity contribution is 0.0947. The summed E-state index contributed by atoms with van der Waals surface area (Å²) in [5.74, 6) is -0.178. The van der Waals surface area contributed by atoms with E-state index in [9.17, 15) is 4.79 Å². The van der Waals surface area contributed by atoms with Crippen LogP contribution in [0.15, 0.2) is 24.3 Å². The van der Waals surface area contributed by atoms with Crippen LogP contribution in [0.3, 0.4) is 0 Å². The van der Waals surface area contributed by atoms with Gasteiger partial charge in [-0.1, -0.05) is 18.2 Å². The van der Waals surface area contributed by atoms with E-state index in [-0.39, 0.29) is 11.3 Å². The monoisotopic (exact) mass is 295 g/mol. The second-order valence-corrected chi connectivity index (χ2v) is 5.20. The number of hydrogen-bond acceptors (Lipinski definition) is 3. The molecule has 1 amide bonds. The Morgan fingerprint density at radius 2 is 2.25 bits per heavy atom. The number of amides is 1. The van der Waals surface area contributed by atoms with Gasteiger partial charge in [0.05, 0.1) is 17.5 Å². The van der Waals surface area contributed by atoms with Crippen molar-refractivity contribution in [3.8, 4) is 0 Å². The van der Waals surface area contributed by atoms with Crippen molar-refractivity contribution in [1.82, 2.24) is 15.1 Å². The number of rotatable bonds is 6. The maximum absolute atomic E-state index is 12.2. The molecule has 0 saturated carbocycles. The van der Waals surface area contributed by atoms with Crippen LogP contribution in [0.2, 0.25) is 0 Å². The highest BCUT2D eigenvalue weighted by atomic mass is 35.5. The highest BCUT2D eigenvalue weighted by Gasteiger charge is 2.15. The minimum Gasteiger partial charge on any atom is -0.383 e. The van der Waals surface area contributed by atoms with Crippen LogP contribution in [0.25, 0.3) is 10.9 Å². The van der Waals surface area contributed by atoms with Crippen LogP contribution < -0.4 is 5.32 Å². The zero-order valence-electron chi connectivity index (χ0n) is 11.6. The first kappa shape index (κ1) is 14.8. The molecule has 0 aliphatic carbocycles. The Morgan fingerprint density at radius 3 is 3.00 bits per heavy atom. The highest BCUT2D eigenvalue weighted by Crippen LogP contribution is 2.17. The molecular weight excluding hydrogens is 278 g/mol. The van der Waals surface area contributed by atoms with Gasteiger partial charge < -0.3 is 10.1 Å². The van der Waals surface area contributed by atoms with Gasteiger partial charge in [0.1, 0.15) is 0 Å². The van der Waals surface area contributed by atoms with E-state index in [4.69, 9.17) is 16.3 Å². The zero-order valence-corrected chi connectivity index (χ0v) is 12.4. The number of fused-ring (bicyclic) bond motifs is 1. The number of carbonyl (C=O) groups excluding carboxylic acids is 1. The van der Waals surface area contributed by atoms with E-state index in [1.165, 1.54) is 0 Å². The molecule has 6 heteroatoms. The summed E-state index contributed by atoms with van der Waals surface area (Å²) >= 11 is 6.01. The Hall–Kier alpha value is -1.59. The topological polar surface area (TPSA) is 56.1 Å². The van der Waals surface area contributed by atoms with Crippen LogP contribution in [0.4, 0.5) is 0 Å². The Labute approximate surface area is 122 Å². The summed E-state index contributed by atoms with van der Waals surface area (Å²) in [6.45, 7) is 0.977. The van der Waals surface area contributed by atoms with E-state index in [0.29, 0.717) is 25.3 Å². The van der Waals surface area contributed by atoms with Gasteiger partial charge in [-0.3, -0.25) is 9.48 Å². The van der Waals surface area contributed by atoms with Crippen molar-refractivity contribution in [2.75, 3.05) is 20.3 Å². The number of nitrogens with zero attached hydrogens (tertiary/aromatic N) is 2. The molecule has 0 bridgehead atoms. The van der Waals surface area contributed by atoms with Crippen LogP contribution in [0.1, 0.15) is 16.9 Å². The van der Waals surface area contributed by atoms with Gasteiger partial charge in [0.15, 0.2) is 5.69 Å². The van der Waals surface area contributed by atoms with Crippen molar-refractivity contribution >= 4 is 28.4 Å². The molecular formula is C14H18ClN3O2. The minimum atomic E-state index is -0.178. The molecule has 1 aromatic carbocycles. The molecule has 5 nitrogen and oxygen atoms in total.